The third kappa shape index (κ3) is 4.99. The van der Waals surface area contributed by atoms with E-state index in [2.05, 4.69) is 11.4 Å². The van der Waals surface area contributed by atoms with Crippen LogP contribution in [0, 0.1) is 11.3 Å². The van der Waals surface area contributed by atoms with Crippen LogP contribution in [0.25, 0.3) is 0 Å². The number of hydrogen-bond acceptors (Lipinski definition) is 5. The first-order chi connectivity index (χ1) is 11.0. The van der Waals surface area contributed by atoms with Gasteiger partial charge in [-0.1, -0.05) is 31.4 Å². The summed E-state index contributed by atoms with van der Waals surface area (Å²) in [5.74, 6) is -0.858. The number of phenolic OH excluding ortho intramolecular Hbond substituents is 1. The predicted octanol–water partition coefficient (Wildman–Crippen LogP) is 1.82. The monoisotopic (exact) mass is 316 g/mol. The molecule has 0 unspecified atom stereocenters. The van der Waals surface area contributed by atoms with Crippen LogP contribution >= 0.6 is 0 Å². The van der Waals surface area contributed by atoms with Crippen molar-refractivity contribution in [1.29, 1.82) is 5.26 Å². The van der Waals surface area contributed by atoms with E-state index in [9.17, 15) is 20.0 Å². The molecule has 1 amide bonds. The Hall–Kier alpha value is -2.55. The lowest BCUT2D eigenvalue weighted by Crippen LogP contribution is -2.50. The summed E-state index contributed by atoms with van der Waals surface area (Å²) in [4.78, 5) is 23.6. The van der Waals surface area contributed by atoms with Crippen molar-refractivity contribution in [2.75, 3.05) is 6.61 Å². The van der Waals surface area contributed by atoms with E-state index < -0.39 is 17.4 Å². The van der Waals surface area contributed by atoms with Gasteiger partial charge in [0.2, 0.25) is 0 Å². The van der Waals surface area contributed by atoms with Crippen molar-refractivity contribution in [2.24, 2.45) is 0 Å². The maximum absolute atomic E-state index is 11.9. The summed E-state index contributed by atoms with van der Waals surface area (Å²) >= 11 is 0. The fourth-order valence-corrected chi connectivity index (χ4v) is 2.70. The van der Waals surface area contributed by atoms with Gasteiger partial charge in [-0.15, -0.1) is 0 Å². The largest absolute Gasteiger partial charge is 0.508 e. The fourth-order valence-electron chi connectivity index (χ4n) is 2.70. The van der Waals surface area contributed by atoms with Gasteiger partial charge in [0.15, 0.2) is 6.61 Å². The van der Waals surface area contributed by atoms with Gasteiger partial charge in [0.05, 0.1) is 12.5 Å². The van der Waals surface area contributed by atoms with E-state index in [1.807, 2.05) is 0 Å². The molecule has 2 N–H and O–H groups in total. The lowest BCUT2D eigenvalue weighted by Gasteiger charge is -2.31. The highest BCUT2D eigenvalue weighted by Crippen LogP contribution is 2.27. The Labute approximate surface area is 135 Å². The van der Waals surface area contributed by atoms with Crippen LogP contribution in [0.2, 0.25) is 0 Å². The van der Waals surface area contributed by atoms with Crippen molar-refractivity contribution < 1.29 is 19.4 Å². The first-order valence-electron chi connectivity index (χ1n) is 7.69. The van der Waals surface area contributed by atoms with Crippen LogP contribution in [0.1, 0.15) is 37.7 Å². The summed E-state index contributed by atoms with van der Waals surface area (Å²) in [5, 5.41) is 21.2. The van der Waals surface area contributed by atoms with Crippen molar-refractivity contribution in [2.45, 2.75) is 44.1 Å². The number of rotatable bonds is 5. The van der Waals surface area contributed by atoms with E-state index in [1.165, 1.54) is 12.1 Å². The highest BCUT2D eigenvalue weighted by atomic mass is 16.5. The Bertz CT molecular complexity index is 598. The quantitative estimate of drug-likeness (QED) is 0.807. The number of aromatic hydroxyl groups is 1. The molecule has 1 fully saturated rings. The fraction of sp³-hybridized carbons (Fsp3) is 0.471. The molecule has 6 nitrogen and oxygen atoms in total. The molecule has 0 heterocycles. The zero-order valence-corrected chi connectivity index (χ0v) is 12.9. The molecule has 1 aromatic rings. The van der Waals surface area contributed by atoms with E-state index >= 15 is 0 Å². The number of nitrogens with one attached hydrogen (secondary N) is 1. The normalized spacial score (nSPS) is 16.1. The van der Waals surface area contributed by atoms with Crippen LogP contribution in [0.4, 0.5) is 0 Å². The molecule has 122 valence electrons. The number of carbonyl (C=O) groups excluding carboxylic acids is 2. The summed E-state index contributed by atoms with van der Waals surface area (Å²) in [6, 6.07) is 8.38. The third-order valence-corrected chi connectivity index (χ3v) is 3.95. The number of amides is 1. The summed E-state index contributed by atoms with van der Waals surface area (Å²) in [6.07, 6.45) is 4.19. The van der Waals surface area contributed by atoms with Gasteiger partial charge in [-0.05, 0) is 30.5 Å². The second kappa shape index (κ2) is 7.63. The second-order valence-corrected chi connectivity index (χ2v) is 5.81. The molecule has 23 heavy (non-hydrogen) atoms. The average molecular weight is 316 g/mol. The Morgan fingerprint density at radius 3 is 2.48 bits per heavy atom. The van der Waals surface area contributed by atoms with Gasteiger partial charge in [-0.25, -0.2) is 0 Å². The first-order valence-corrected chi connectivity index (χ1v) is 7.69. The number of phenols is 1. The van der Waals surface area contributed by atoms with Crippen molar-refractivity contribution in [1.82, 2.24) is 5.32 Å². The maximum atomic E-state index is 11.9. The van der Waals surface area contributed by atoms with Crippen molar-refractivity contribution >= 4 is 11.9 Å². The highest BCUT2D eigenvalue weighted by molar-refractivity contribution is 5.82. The number of benzene rings is 1. The van der Waals surface area contributed by atoms with E-state index in [-0.39, 0.29) is 18.8 Å². The average Bonchev–Trinajstić information content (AvgIpc) is 2.56. The summed E-state index contributed by atoms with van der Waals surface area (Å²) < 4.78 is 4.95. The topological polar surface area (TPSA) is 99.4 Å². The summed E-state index contributed by atoms with van der Waals surface area (Å²) in [6.45, 7) is -0.389. The molecule has 0 atom stereocenters. The minimum Gasteiger partial charge on any atom is -0.508 e. The lowest BCUT2D eigenvalue weighted by atomic mass is 9.83. The molecule has 1 aliphatic rings. The number of hydrogen-bond donors (Lipinski definition) is 2. The van der Waals surface area contributed by atoms with Crippen LogP contribution < -0.4 is 5.32 Å². The van der Waals surface area contributed by atoms with E-state index in [4.69, 9.17) is 4.74 Å². The minimum absolute atomic E-state index is 0.0248. The number of nitrogens with zero attached hydrogens (tertiary/aromatic N) is 1. The van der Waals surface area contributed by atoms with Gasteiger partial charge < -0.3 is 15.2 Å². The van der Waals surface area contributed by atoms with Crippen LogP contribution in [0.15, 0.2) is 24.3 Å². The predicted molar refractivity (Wildman–Crippen MR) is 82.3 cm³/mol. The van der Waals surface area contributed by atoms with Gasteiger partial charge in [-0.3, -0.25) is 9.59 Å². The molecule has 0 aliphatic heterocycles. The smallest absolute Gasteiger partial charge is 0.310 e. The van der Waals surface area contributed by atoms with Gasteiger partial charge in [-0.2, -0.15) is 5.26 Å². The second-order valence-electron chi connectivity index (χ2n) is 5.81. The van der Waals surface area contributed by atoms with Crippen LogP contribution in [0.5, 0.6) is 5.75 Å². The number of ether oxygens (including phenoxy) is 1. The van der Waals surface area contributed by atoms with Crippen LogP contribution in [-0.4, -0.2) is 29.1 Å². The summed E-state index contributed by atoms with van der Waals surface area (Å²) in [5.41, 5.74) is -0.132. The van der Waals surface area contributed by atoms with Gasteiger partial charge >= 0.3 is 5.97 Å². The molecule has 1 saturated carbocycles. The Balaban J connectivity index is 1.78. The molecule has 0 saturated heterocycles. The molecular weight excluding hydrogens is 296 g/mol. The highest BCUT2D eigenvalue weighted by Gasteiger charge is 2.33. The van der Waals surface area contributed by atoms with Gasteiger partial charge in [0.1, 0.15) is 11.3 Å². The van der Waals surface area contributed by atoms with Gasteiger partial charge in [0, 0.05) is 0 Å². The van der Waals surface area contributed by atoms with Crippen LogP contribution in [-0.2, 0) is 20.7 Å². The molecule has 6 heteroatoms. The van der Waals surface area contributed by atoms with Crippen molar-refractivity contribution in [3.05, 3.63) is 29.8 Å². The Morgan fingerprint density at radius 1 is 1.22 bits per heavy atom. The van der Waals surface area contributed by atoms with Crippen molar-refractivity contribution in [3.8, 4) is 11.8 Å². The summed E-state index contributed by atoms with van der Waals surface area (Å²) in [7, 11) is 0. The minimum atomic E-state index is -0.821. The SMILES string of the molecule is N#CC1(NC(=O)COC(=O)Cc2ccc(O)cc2)CCCCC1. The standard InChI is InChI=1S/C17H20N2O4/c18-12-17(8-2-1-3-9-17)19-15(21)11-23-16(22)10-13-4-6-14(20)7-5-13/h4-7,20H,1-3,8-11H2,(H,19,21). The first kappa shape index (κ1) is 16.8. The molecule has 0 bridgehead atoms. The molecule has 0 radical (unpaired) electrons. The number of esters is 1. The molecular formula is C17H20N2O4. The maximum Gasteiger partial charge on any atom is 0.310 e. The van der Waals surface area contributed by atoms with E-state index in [0.29, 0.717) is 18.4 Å². The Kier molecular flexibility index (Phi) is 5.58. The zero-order chi connectivity index (χ0) is 16.7. The van der Waals surface area contributed by atoms with E-state index in [0.717, 1.165) is 19.3 Å². The lowest BCUT2D eigenvalue weighted by molar-refractivity contribution is -0.148. The zero-order valence-electron chi connectivity index (χ0n) is 12.9. The van der Waals surface area contributed by atoms with E-state index in [1.54, 1.807) is 12.1 Å². The molecule has 0 spiro atoms. The van der Waals surface area contributed by atoms with Gasteiger partial charge in [0.25, 0.3) is 5.91 Å². The molecule has 0 aromatic heterocycles. The molecule has 2 rings (SSSR count). The molecule has 1 aromatic carbocycles. The number of nitriles is 1. The third-order valence-electron chi connectivity index (χ3n) is 3.95. The molecule has 1 aliphatic carbocycles. The van der Waals surface area contributed by atoms with Crippen LogP contribution in [0.3, 0.4) is 0 Å². The Morgan fingerprint density at radius 2 is 1.87 bits per heavy atom. The number of carbonyl (C=O) groups is 2. The van der Waals surface area contributed by atoms with Crippen molar-refractivity contribution in [3.63, 3.8) is 0 Å².